The topological polar surface area (TPSA) is 3.24 Å². The smallest absolute Gasteiger partial charge is 0.0169 e. The Hall–Kier alpha value is -0.176. The Labute approximate surface area is 143 Å². The van der Waals surface area contributed by atoms with E-state index < -0.39 is 0 Å². The van der Waals surface area contributed by atoms with Crippen molar-refractivity contribution in [2.75, 3.05) is 6.54 Å². The van der Waals surface area contributed by atoms with Gasteiger partial charge in [-0.25, -0.2) is 0 Å². The molecule has 2 rings (SSSR count). The molecule has 0 N–H and O–H groups in total. The van der Waals surface area contributed by atoms with Gasteiger partial charge in [0.2, 0.25) is 0 Å². The molecule has 0 atom stereocenters. The largest absolute Gasteiger partial charge is 0.376 e. The van der Waals surface area contributed by atoms with Crippen molar-refractivity contribution in [3.63, 3.8) is 0 Å². The monoisotopic (exact) mass is 377 g/mol. The second-order valence-corrected chi connectivity index (χ2v) is 4.93. The zero-order chi connectivity index (χ0) is 12.4. The summed E-state index contributed by atoms with van der Waals surface area (Å²) in [4.78, 5) is 2.19. The average molecular weight is 378 g/mol. The van der Waals surface area contributed by atoms with E-state index in [9.17, 15) is 0 Å². The Balaban J connectivity index is 0.00000162. The molecule has 0 saturated carbocycles. The third kappa shape index (κ3) is 3.23. The first-order valence-corrected chi connectivity index (χ1v) is 6.45. The minimum absolute atomic E-state index is 0. The molecule has 1 aromatic rings. The summed E-state index contributed by atoms with van der Waals surface area (Å²) in [6, 6.07) is 8.28. The van der Waals surface area contributed by atoms with Crippen molar-refractivity contribution < 1.29 is 32.7 Å². The van der Waals surface area contributed by atoms with Crippen LogP contribution in [0.15, 0.2) is 52.7 Å². The van der Waals surface area contributed by atoms with Crippen LogP contribution in [0, 0.1) is 6.08 Å². The fourth-order valence-electron chi connectivity index (χ4n) is 1.88. The van der Waals surface area contributed by atoms with Gasteiger partial charge in [0.25, 0.3) is 0 Å². The van der Waals surface area contributed by atoms with Gasteiger partial charge in [-0.3, -0.25) is 0 Å². The van der Waals surface area contributed by atoms with E-state index in [4.69, 9.17) is 0 Å². The maximum Gasteiger partial charge on any atom is 0.0169 e. The van der Waals surface area contributed by atoms with Crippen LogP contribution in [0.25, 0.3) is 5.70 Å². The molecule has 1 nitrogen and oxygen atoms in total. The second-order valence-electron chi connectivity index (χ2n) is 4.02. The Morgan fingerprint density at radius 3 is 2.44 bits per heavy atom. The summed E-state index contributed by atoms with van der Waals surface area (Å²) in [6.07, 6.45) is 5.35. The fraction of sp³-hybridized carbons (Fsp3) is 0.200. The maximum absolute atomic E-state index is 4.13. The van der Waals surface area contributed by atoms with Gasteiger partial charge in [0.05, 0.1) is 0 Å². The van der Waals surface area contributed by atoms with Crippen LogP contribution in [0.2, 0.25) is 0 Å². The summed E-state index contributed by atoms with van der Waals surface area (Å²) in [7, 11) is 0. The van der Waals surface area contributed by atoms with Crippen molar-refractivity contribution in [2.45, 2.75) is 13.8 Å². The normalized spacial score (nSPS) is 14.8. The van der Waals surface area contributed by atoms with Gasteiger partial charge in [0.1, 0.15) is 0 Å². The molecule has 1 aliphatic heterocycles. The molecule has 0 unspecified atom stereocenters. The molecule has 0 spiro atoms. The predicted octanol–water partition coefficient (Wildman–Crippen LogP) is 4.39. The molecule has 0 amide bonds. The predicted molar refractivity (Wildman–Crippen MR) is 76.1 cm³/mol. The summed E-state index contributed by atoms with van der Waals surface area (Å²) in [5, 5.41) is 0. The molecule has 0 aliphatic carbocycles. The van der Waals surface area contributed by atoms with Gasteiger partial charge in [-0.2, -0.15) is 12.2 Å². The van der Waals surface area contributed by atoms with Crippen LogP contribution in [0.3, 0.4) is 0 Å². The first-order chi connectivity index (χ1) is 8.13. The first kappa shape index (κ1) is 15.9. The molecule has 1 aliphatic rings. The number of hydrogen-bond donors (Lipinski definition) is 0. The van der Waals surface area contributed by atoms with Crippen LogP contribution < -0.4 is 0 Å². The zero-order valence-electron chi connectivity index (χ0n) is 10.7. The van der Waals surface area contributed by atoms with Crippen molar-refractivity contribution in [2.24, 2.45) is 0 Å². The SMILES string of the molecule is C=C1C(C)=C[C-]=C(c2ccc(Br)cc2)N1CC.[Y]. The van der Waals surface area contributed by atoms with E-state index in [1.165, 1.54) is 11.1 Å². The van der Waals surface area contributed by atoms with Gasteiger partial charge in [0, 0.05) is 43.7 Å². The van der Waals surface area contributed by atoms with E-state index in [-0.39, 0.29) is 32.7 Å². The van der Waals surface area contributed by atoms with Crippen molar-refractivity contribution in [1.82, 2.24) is 4.90 Å². The number of hydrogen-bond acceptors (Lipinski definition) is 1. The van der Waals surface area contributed by atoms with E-state index in [0.717, 1.165) is 22.4 Å². The van der Waals surface area contributed by atoms with E-state index >= 15 is 0 Å². The third-order valence-electron chi connectivity index (χ3n) is 2.91. The number of benzene rings is 1. The Morgan fingerprint density at radius 2 is 1.89 bits per heavy atom. The number of rotatable bonds is 2. The molecule has 0 saturated heterocycles. The van der Waals surface area contributed by atoms with Crippen molar-refractivity contribution in [3.8, 4) is 0 Å². The van der Waals surface area contributed by atoms with Crippen LogP contribution in [0.4, 0.5) is 0 Å². The maximum atomic E-state index is 4.13. The molecule has 1 aromatic carbocycles. The van der Waals surface area contributed by atoms with Crippen LogP contribution in [0.1, 0.15) is 19.4 Å². The number of allylic oxidation sites excluding steroid dienone is 3. The molecule has 0 fully saturated rings. The van der Waals surface area contributed by atoms with Crippen molar-refractivity contribution in [3.05, 3.63) is 64.3 Å². The van der Waals surface area contributed by atoms with Gasteiger partial charge in [-0.05, 0) is 12.6 Å². The minimum atomic E-state index is 0. The van der Waals surface area contributed by atoms with Crippen molar-refractivity contribution >= 4 is 21.6 Å². The molecule has 91 valence electrons. The Kier molecular flexibility index (Phi) is 6.03. The average Bonchev–Trinajstić information content (AvgIpc) is 2.34. The quantitative estimate of drug-likeness (QED) is 0.691. The molecule has 18 heavy (non-hydrogen) atoms. The van der Waals surface area contributed by atoms with E-state index in [1.54, 1.807) is 0 Å². The molecule has 1 radical (unpaired) electrons. The fourth-order valence-corrected chi connectivity index (χ4v) is 2.15. The van der Waals surface area contributed by atoms with E-state index in [0.29, 0.717) is 0 Å². The Morgan fingerprint density at radius 1 is 1.28 bits per heavy atom. The van der Waals surface area contributed by atoms with Crippen LogP contribution in [-0.4, -0.2) is 11.4 Å². The molecular formula is C15H15BrNY-. The minimum Gasteiger partial charge on any atom is -0.376 e. The summed E-state index contributed by atoms with van der Waals surface area (Å²) in [5.41, 5.74) is 4.49. The summed E-state index contributed by atoms with van der Waals surface area (Å²) in [5.74, 6) is 0. The van der Waals surface area contributed by atoms with Gasteiger partial charge < -0.3 is 4.90 Å². The van der Waals surface area contributed by atoms with Crippen LogP contribution in [-0.2, 0) is 32.7 Å². The summed E-state index contributed by atoms with van der Waals surface area (Å²) < 4.78 is 1.09. The molecule has 1 heterocycles. The van der Waals surface area contributed by atoms with Gasteiger partial charge >= 0.3 is 0 Å². The number of likely N-dealkylation sites (N-methyl/N-ethyl adjacent to an activating group) is 1. The molecular weight excluding hydrogens is 363 g/mol. The van der Waals surface area contributed by atoms with E-state index in [1.807, 2.05) is 18.2 Å². The third-order valence-corrected chi connectivity index (χ3v) is 3.44. The summed E-state index contributed by atoms with van der Waals surface area (Å²) in [6.45, 7) is 9.23. The van der Waals surface area contributed by atoms with E-state index in [2.05, 4.69) is 59.5 Å². The van der Waals surface area contributed by atoms with Gasteiger partial charge in [-0.15, -0.1) is 17.7 Å². The van der Waals surface area contributed by atoms with Crippen LogP contribution >= 0.6 is 15.9 Å². The van der Waals surface area contributed by atoms with Crippen molar-refractivity contribution in [1.29, 1.82) is 0 Å². The Bertz CT molecular complexity index is 500. The number of halogens is 1. The van der Waals surface area contributed by atoms with Gasteiger partial charge in [0.15, 0.2) is 0 Å². The molecule has 0 bridgehead atoms. The number of nitrogens with zero attached hydrogens (tertiary/aromatic N) is 1. The second kappa shape index (κ2) is 6.84. The van der Waals surface area contributed by atoms with Gasteiger partial charge in [-0.1, -0.05) is 52.8 Å². The van der Waals surface area contributed by atoms with Crippen LogP contribution in [0.5, 0.6) is 0 Å². The standard InChI is InChI=1S/C15H15BrN.Y/c1-4-17-12(3)11(2)5-10-15(17)13-6-8-14(16)9-7-13;/h5-9H,3-4H2,1-2H3;/q-1;. The first-order valence-electron chi connectivity index (χ1n) is 5.66. The molecule has 0 aromatic heterocycles. The zero-order valence-corrected chi connectivity index (χ0v) is 15.1. The summed E-state index contributed by atoms with van der Waals surface area (Å²) >= 11 is 3.45. The molecule has 3 heteroatoms.